The standard InChI is InChI=1S/C21H25N5O5/c1-3-29-17-15(10-27)31-21(18(17)30-4-2)26-12-25-16-19(23-11-24-20(16)26)22-9-13-5-7-14(28)8-6-13/h5-8,11-12,18,21,27-28H,3-4,9-10H2,1-2H3,(H,22,23,24)/t18?,21-/m1/s1. The van der Waals surface area contributed by atoms with Gasteiger partial charge in [-0.15, -0.1) is 0 Å². The predicted molar refractivity (Wildman–Crippen MR) is 112 cm³/mol. The molecule has 0 radical (unpaired) electrons. The second-order valence-electron chi connectivity index (χ2n) is 6.83. The summed E-state index contributed by atoms with van der Waals surface area (Å²) in [6, 6.07) is 6.92. The molecule has 2 atom stereocenters. The van der Waals surface area contributed by atoms with Crippen LogP contribution < -0.4 is 5.32 Å². The van der Waals surface area contributed by atoms with Crippen LogP contribution in [0.3, 0.4) is 0 Å². The second kappa shape index (κ2) is 9.19. The number of imidazole rings is 1. The van der Waals surface area contributed by atoms with Crippen LogP contribution in [-0.2, 0) is 20.8 Å². The highest BCUT2D eigenvalue weighted by Gasteiger charge is 2.41. The number of ether oxygens (including phenoxy) is 3. The number of rotatable bonds is 9. The van der Waals surface area contributed by atoms with Crippen molar-refractivity contribution in [3.05, 3.63) is 54.0 Å². The lowest BCUT2D eigenvalue weighted by Gasteiger charge is -2.22. The van der Waals surface area contributed by atoms with Gasteiger partial charge < -0.3 is 29.7 Å². The summed E-state index contributed by atoms with van der Waals surface area (Å²) < 4.78 is 19.3. The number of aliphatic hydroxyl groups excluding tert-OH is 1. The van der Waals surface area contributed by atoms with Gasteiger partial charge >= 0.3 is 0 Å². The van der Waals surface area contributed by atoms with Crippen LogP contribution in [0.5, 0.6) is 5.75 Å². The summed E-state index contributed by atoms with van der Waals surface area (Å²) >= 11 is 0. The highest BCUT2D eigenvalue weighted by Crippen LogP contribution is 2.37. The Labute approximate surface area is 179 Å². The molecule has 2 aromatic heterocycles. The first kappa shape index (κ1) is 20.9. The molecule has 0 amide bonds. The Balaban J connectivity index is 1.62. The van der Waals surface area contributed by atoms with E-state index in [-0.39, 0.29) is 12.4 Å². The van der Waals surface area contributed by atoms with E-state index >= 15 is 0 Å². The number of hydrogen-bond acceptors (Lipinski definition) is 9. The van der Waals surface area contributed by atoms with Gasteiger partial charge in [0.25, 0.3) is 0 Å². The van der Waals surface area contributed by atoms with Crippen LogP contribution in [0.1, 0.15) is 25.6 Å². The summed E-state index contributed by atoms with van der Waals surface area (Å²) in [6.45, 7) is 4.83. The molecule has 3 heterocycles. The SMILES string of the molecule is CCOC1=C(CO)O[C@@H](n2cnc3c(NCc4ccc(O)cc4)ncnc32)C1OCC. The molecule has 1 aliphatic rings. The van der Waals surface area contributed by atoms with Crippen molar-refractivity contribution in [3.63, 3.8) is 0 Å². The number of aromatic nitrogens is 4. The van der Waals surface area contributed by atoms with E-state index in [1.54, 1.807) is 23.0 Å². The van der Waals surface area contributed by atoms with Crippen LogP contribution in [0.4, 0.5) is 5.82 Å². The quantitative estimate of drug-likeness (QED) is 0.472. The molecule has 0 spiro atoms. The smallest absolute Gasteiger partial charge is 0.212 e. The van der Waals surface area contributed by atoms with Crippen molar-refractivity contribution in [2.75, 3.05) is 25.1 Å². The zero-order valence-corrected chi connectivity index (χ0v) is 17.4. The number of nitrogens with one attached hydrogen (secondary N) is 1. The molecule has 3 N–H and O–H groups in total. The molecule has 3 aromatic rings. The molecule has 1 aliphatic heterocycles. The maximum Gasteiger partial charge on any atom is 0.212 e. The normalized spacial score (nSPS) is 18.4. The third-order valence-electron chi connectivity index (χ3n) is 4.87. The van der Waals surface area contributed by atoms with Crippen molar-refractivity contribution >= 4 is 17.0 Å². The monoisotopic (exact) mass is 427 g/mol. The largest absolute Gasteiger partial charge is 0.508 e. The van der Waals surface area contributed by atoms with Gasteiger partial charge in [-0.25, -0.2) is 15.0 Å². The van der Waals surface area contributed by atoms with Gasteiger partial charge in [0.15, 0.2) is 34.6 Å². The van der Waals surface area contributed by atoms with Crippen LogP contribution in [0, 0.1) is 0 Å². The fourth-order valence-electron chi connectivity index (χ4n) is 3.49. The molecule has 4 rings (SSSR count). The van der Waals surface area contributed by atoms with E-state index in [0.717, 1.165) is 5.56 Å². The van der Waals surface area contributed by atoms with E-state index in [1.807, 2.05) is 26.0 Å². The van der Waals surface area contributed by atoms with Gasteiger partial charge in [0.05, 0.1) is 6.61 Å². The summed E-state index contributed by atoms with van der Waals surface area (Å²) in [6.07, 6.45) is 1.92. The third kappa shape index (κ3) is 4.12. The van der Waals surface area contributed by atoms with E-state index in [2.05, 4.69) is 20.3 Å². The molecular formula is C21H25N5O5. The number of phenols is 1. The van der Waals surface area contributed by atoms with Crippen LogP contribution in [0.15, 0.2) is 48.4 Å². The van der Waals surface area contributed by atoms with Gasteiger partial charge in [-0.05, 0) is 31.5 Å². The molecule has 0 fully saturated rings. The first-order valence-corrected chi connectivity index (χ1v) is 10.1. The first-order chi connectivity index (χ1) is 15.2. The van der Waals surface area contributed by atoms with Crippen molar-refractivity contribution in [2.24, 2.45) is 0 Å². The summed E-state index contributed by atoms with van der Waals surface area (Å²) in [5, 5.41) is 22.4. The molecule has 0 saturated heterocycles. The van der Waals surface area contributed by atoms with Crippen molar-refractivity contribution < 1.29 is 24.4 Å². The Morgan fingerprint density at radius 3 is 2.65 bits per heavy atom. The fourth-order valence-corrected chi connectivity index (χ4v) is 3.49. The predicted octanol–water partition coefficient (Wildman–Crippen LogP) is 2.32. The second-order valence-corrected chi connectivity index (χ2v) is 6.83. The Kier molecular flexibility index (Phi) is 6.19. The topological polar surface area (TPSA) is 124 Å². The van der Waals surface area contributed by atoms with E-state index in [9.17, 15) is 10.2 Å². The number of aliphatic hydroxyl groups is 1. The summed E-state index contributed by atoms with van der Waals surface area (Å²) in [4.78, 5) is 13.2. The van der Waals surface area contributed by atoms with Crippen LogP contribution >= 0.6 is 0 Å². The molecule has 31 heavy (non-hydrogen) atoms. The van der Waals surface area contributed by atoms with Crippen molar-refractivity contribution in [2.45, 2.75) is 32.7 Å². The molecule has 1 aromatic carbocycles. The van der Waals surface area contributed by atoms with E-state index in [4.69, 9.17) is 14.2 Å². The van der Waals surface area contributed by atoms with Crippen molar-refractivity contribution in [3.8, 4) is 5.75 Å². The molecule has 10 nitrogen and oxygen atoms in total. The maximum absolute atomic E-state index is 9.72. The van der Waals surface area contributed by atoms with Gasteiger partial charge in [0.1, 0.15) is 25.0 Å². The highest BCUT2D eigenvalue weighted by molar-refractivity contribution is 5.82. The van der Waals surface area contributed by atoms with E-state index < -0.39 is 12.3 Å². The summed E-state index contributed by atoms with van der Waals surface area (Å²) in [5.74, 6) is 1.61. The average molecular weight is 427 g/mol. The highest BCUT2D eigenvalue weighted by atomic mass is 16.6. The number of hydrogen-bond donors (Lipinski definition) is 3. The molecule has 164 valence electrons. The average Bonchev–Trinajstić information content (AvgIpc) is 3.36. The zero-order valence-electron chi connectivity index (χ0n) is 17.4. The zero-order chi connectivity index (χ0) is 21.8. The molecule has 10 heteroatoms. The number of benzene rings is 1. The third-order valence-corrected chi connectivity index (χ3v) is 4.87. The first-order valence-electron chi connectivity index (χ1n) is 10.1. The minimum Gasteiger partial charge on any atom is -0.508 e. The Morgan fingerprint density at radius 1 is 1.13 bits per heavy atom. The number of nitrogens with zero attached hydrogens (tertiary/aromatic N) is 4. The summed E-state index contributed by atoms with van der Waals surface area (Å²) in [7, 11) is 0. The van der Waals surface area contributed by atoms with Crippen LogP contribution in [-0.4, -0.2) is 55.7 Å². The number of phenolic OH excluding ortho intramolecular Hbond substituents is 1. The lowest BCUT2D eigenvalue weighted by Crippen LogP contribution is -2.26. The van der Waals surface area contributed by atoms with Gasteiger partial charge in [-0.3, -0.25) is 4.57 Å². The van der Waals surface area contributed by atoms with E-state index in [1.165, 1.54) is 6.33 Å². The number of fused-ring (bicyclic) bond motifs is 1. The van der Waals surface area contributed by atoms with Gasteiger partial charge in [-0.2, -0.15) is 0 Å². The maximum atomic E-state index is 9.72. The molecule has 0 aliphatic carbocycles. The summed E-state index contributed by atoms with van der Waals surface area (Å²) in [5.41, 5.74) is 2.13. The van der Waals surface area contributed by atoms with Crippen LogP contribution in [0.25, 0.3) is 11.2 Å². The lowest BCUT2D eigenvalue weighted by atomic mass is 10.2. The Hall–Kier alpha value is -3.37. The molecule has 1 unspecified atom stereocenters. The minimum atomic E-state index is -0.617. The van der Waals surface area contributed by atoms with Gasteiger partial charge in [0.2, 0.25) is 6.23 Å². The van der Waals surface area contributed by atoms with E-state index in [0.29, 0.717) is 48.3 Å². The lowest BCUT2D eigenvalue weighted by molar-refractivity contribution is -0.0521. The Morgan fingerprint density at radius 2 is 1.94 bits per heavy atom. The van der Waals surface area contributed by atoms with Crippen molar-refractivity contribution in [1.29, 1.82) is 0 Å². The van der Waals surface area contributed by atoms with Gasteiger partial charge in [-0.1, -0.05) is 12.1 Å². The van der Waals surface area contributed by atoms with Crippen LogP contribution in [0.2, 0.25) is 0 Å². The van der Waals surface area contributed by atoms with Crippen molar-refractivity contribution in [1.82, 2.24) is 19.5 Å². The minimum absolute atomic E-state index is 0.217. The number of anilines is 1. The number of aromatic hydroxyl groups is 1. The molecule has 0 saturated carbocycles. The molecule has 0 bridgehead atoms. The molecular weight excluding hydrogens is 402 g/mol. The fraction of sp³-hybridized carbons (Fsp3) is 0.381. The van der Waals surface area contributed by atoms with Gasteiger partial charge in [0, 0.05) is 13.2 Å². The Bertz CT molecular complexity index is 1070.